The fourth-order valence-corrected chi connectivity index (χ4v) is 3.99. The van der Waals surface area contributed by atoms with Crippen molar-refractivity contribution in [2.24, 2.45) is 0 Å². The normalized spacial score (nSPS) is 11.4. The molecule has 1 amide bonds. The van der Waals surface area contributed by atoms with Gasteiger partial charge in [0.15, 0.2) is 4.47 Å². The van der Waals surface area contributed by atoms with Gasteiger partial charge in [-0.05, 0) is 30.9 Å². The van der Waals surface area contributed by atoms with Crippen LogP contribution in [0.2, 0.25) is 4.47 Å². The number of nitrogens with one attached hydrogen (secondary N) is 2. The SMILES string of the molecule is CC(C)c1sc(Cl)nc1C(=O)NCCCCCc1nc2ccccc2[nH]1. The molecule has 7 heteroatoms. The number of benzene rings is 1. The molecule has 0 aliphatic carbocycles. The first-order valence-corrected chi connectivity index (χ1v) is 10.1. The number of H-pyrrole nitrogens is 1. The van der Waals surface area contributed by atoms with E-state index in [1.165, 1.54) is 11.3 Å². The summed E-state index contributed by atoms with van der Waals surface area (Å²) in [5.74, 6) is 1.13. The van der Waals surface area contributed by atoms with Gasteiger partial charge in [-0.3, -0.25) is 4.79 Å². The predicted molar refractivity (Wildman–Crippen MR) is 107 cm³/mol. The zero-order chi connectivity index (χ0) is 18.5. The molecule has 0 bridgehead atoms. The molecule has 0 unspecified atom stereocenters. The summed E-state index contributed by atoms with van der Waals surface area (Å²) >= 11 is 7.34. The lowest BCUT2D eigenvalue weighted by molar-refractivity contribution is 0.0947. The maximum atomic E-state index is 12.3. The topological polar surface area (TPSA) is 70.7 Å². The van der Waals surface area contributed by atoms with Crippen LogP contribution < -0.4 is 5.32 Å². The van der Waals surface area contributed by atoms with E-state index < -0.39 is 0 Å². The fraction of sp³-hybridized carbons (Fsp3) is 0.421. The monoisotopic (exact) mass is 390 g/mol. The standard InChI is InChI=1S/C19H23ClN4OS/c1-12(2)17-16(24-19(20)26-17)18(25)21-11-7-3-4-10-15-22-13-8-5-6-9-14(13)23-15/h5-6,8-9,12H,3-4,7,10-11H2,1-2H3,(H,21,25)(H,22,23). The largest absolute Gasteiger partial charge is 0.351 e. The Hall–Kier alpha value is -1.92. The van der Waals surface area contributed by atoms with Gasteiger partial charge in [0.2, 0.25) is 0 Å². The summed E-state index contributed by atoms with van der Waals surface area (Å²) in [5, 5.41) is 2.95. The van der Waals surface area contributed by atoms with Crippen molar-refractivity contribution in [2.75, 3.05) is 6.54 Å². The van der Waals surface area contributed by atoms with Crippen molar-refractivity contribution in [1.29, 1.82) is 0 Å². The minimum absolute atomic E-state index is 0.130. The minimum atomic E-state index is -0.130. The van der Waals surface area contributed by atoms with E-state index >= 15 is 0 Å². The molecule has 3 aromatic rings. The Morgan fingerprint density at radius 1 is 1.23 bits per heavy atom. The van der Waals surface area contributed by atoms with Crippen LogP contribution in [-0.2, 0) is 6.42 Å². The van der Waals surface area contributed by atoms with Crippen LogP contribution in [0.15, 0.2) is 24.3 Å². The highest BCUT2D eigenvalue weighted by molar-refractivity contribution is 7.16. The fourth-order valence-electron chi connectivity index (χ4n) is 2.86. The van der Waals surface area contributed by atoms with Gasteiger partial charge < -0.3 is 10.3 Å². The van der Waals surface area contributed by atoms with Crippen molar-refractivity contribution < 1.29 is 4.79 Å². The molecule has 138 valence electrons. The van der Waals surface area contributed by atoms with Crippen LogP contribution >= 0.6 is 22.9 Å². The zero-order valence-electron chi connectivity index (χ0n) is 15.0. The molecule has 5 nitrogen and oxygen atoms in total. The van der Waals surface area contributed by atoms with Crippen LogP contribution in [0, 0.1) is 0 Å². The van der Waals surface area contributed by atoms with Crippen LogP contribution in [-0.4, -0.2) is 27.4 Å². The third-order valence-corrected chi connectivity index (χ3v) is 5.64. The lowest BCUT2D eigenvalue weighted by atomic mass is 10.1. The van der Waals surface area contributed by atoms with Gasteiger partial charge in [-0.15, -0.1) is 11.3 Å². The number of rotatable bonds is 8. The number of amides is 1. The number of hydrogen-bond donors (Lipinski definition) is 2. The quantitative estimate of drug-likeness (QED) is 0.535. The number of nitrogens with zero attached hydrogens (tertiary/aromatic N) is 2. The van der Waals surface area contributed by atoms with Gasteiger partial charge in [0.1, 0.15) is 11.5 Å². The van der Waals surface area contributed by atoms with Gasteiger partial charge in [-0.25, -0.2) is 9.97 Å². The smallest absolute Gasteiger partial charge is 0.271 e. The average Bonchev–Trinajstić information content (AvgIpc) is 3.20. The first kappa shape index (κ1) is 18.9. The number of unbranched alkanes of at least 4 members (excludes halogenated alkanes) is 2. The molecule has 3 rings (SSSR count). The second kappa shape index (κ2) is 8.64. The summed E-state index contributed by atoms with van der Waals surface area (Å²) in [5.41, 5.74) is 2.56. The van der Waals surface area contributed by atoms with Crippen LogP contribution in [0.1, 0.15) is 60.2 Å². The Morgan fingerprint density at radius 2 is 2.04 bits per heavy atom. The molecule has 0 spiro atoms. The van der Waals surface area contributed by atoms with Crippen LogP contribution in [0.4, 0.5) is 0 Å². The van der Waals surface area contributed by atoms with E-state index in [-0.39, 0.29) is 11.8 Å². The second-order valence-corrected chi connectivity index (χ2v) is 8.21. The third kappa shape index (κ3) is 4.62. The Morgan fingerprint density at radius 3 is 2.81 bits per heavy atom. The van der Waals surface area contributed by atoms with E-state index in [9.17, 15) is 4.79 Å². The number of carbonyl (C=O) groups excluding carboxylic acids is 1. The van der Waals surface area contributed by atoms with Crippen LogP contribution in [0.25, 0.3) is 11.0 Å². The lowest BCUT2D eigenvalue weighted by Crippen LogP contribution is -2.25. The van der Waals surface area contributed by atoms with Gasteiger partial charge in [0.25, 0.3) is 5.91 Å². The zero-order valence-corrected chi connectivity index (χ0v) is 16.6. The molecule has 0 radical (unpaired) electrons. The number of halogens is 1. The average molecular weight is 391 g/mol. The highest BCUT2D eigenvalue weighted by Gasteiger charge is 2.19. The number of aryl methyl sites for hydroxylation is 1. The molecule has 2 heterocycles. The number of carbonyl (C=O) groups is 1. The van der Waals surface area contributed by atoms with Gasteiger partial charge >= 0.3 is 0 Å². The number of thiazole rings is 1. The van der Waals surface area contributed by atoms with Crippen molar-refractivity contribution in [3.63, 3.8) is 0 Å². The summed E-state index contributed by atoms with van der Waals surface area (Å²) in [6.45, 7) is 4.73. The molecule has 2 N–H and O–H groups in total. The maximum absolute atomic E-state index is 12.3. The predicted octanol–water partition coefficient (Wildman–Crippen LogP) is 4.94. The summed E-state index contributed by atoms with van der Waals surface area (Å²) in [7, 11) is 0. The number of para-hydroxylation sites is 2. The van der Waals surface area contributed by atoms with E-state index in [1.807, 2.05) is 38.1 Å². The number of hydrogen-bond acceptors (Lipinski definition) is 4. The van der Waals surface area contributed by atoms with E-state index in [0.717, 1.165) is 47.4 Å². The van der Waals surface area contributed by atoms with Crippen molar-refractivity contribution in [2.45, 2.75) is 45.4 Å². The molecule has 0 saturated carbocycles. The van der Waals surface area contributed by atoms with Crippen LogP contribution in [0.3, 0.4) is 0 Å². The van der Waals surface area contributed by atoms with E-state index in [2.05, 4.69) is 20.3 Å². The highest BCUT2D eigenvalue weighted by Crippen LogP contribution is 2.29. The third-order valence-electron chi connectivity index (χ3n) is 4.18. The summed E-state index contributed by atoms with van der Waals surface area (Å²) < 4.78 is 0.421. The summed E-state index contributed by atoms with van der Waals surface area (Å²) in [4.78, 5) is 25.3. The Labute approximate surface area is 162 Å². The highest BCUT2D eigenvalue weighted by atomic mass is 35.5. The second-order valence-electron chi connectivity index (χ2n) is 6.60. The van der Waals surface area contributed by atoms with Crippen molar-refractivity contribution in [3.05, 3.63) is 45.1 Å². The van der Waals surface area contributed by atoms with Crippen LogP contribution in [0.5, 0.6) is 0 Å². The number of aromatic amines is 1. The van der Waals surface area contributed by atoms with Gasteiger partial charge in [-0.2, -0.15) is 0 Å². The molecule has 0 aliphatic heterocycles. The number of imidazole rings is 1. The first-order valence-electron chi connectivity index (χ1n) is 8.92. The number of aromatic nitrogens is 3. The van der Waals surface area contributed by atoms with Crippen molar-refractivity contribution in [1.82, 2.24) is 20.3 Å². The molecular formula is C19H23ClN4OS. The summed E-state index contributed by atoms with van der Waals surface area (Å²) in [6, 6.07) is 8.06. The van der Waals surface area contributed by atoms with Gasteiger partial charge in [0.05, 0.1) is 11.0 Å². The first-order chi connectivity index (χ1) is 12.5. The molecule has 1 aromatic carbocycles. The van der Waals surface area contributed by atoms with Crippen molar-refractivity contribution in [3.8, 4) is 0 Å². The van der Waals surface area contributed by atoms with Gasteiger partial charge in [0, 0.05) is 17.8 Å². The maximum Gasteiger partial charge on any atom is 0.271 e. The van der Waals surface area contributed by atoms with Gasteiger partial charge in [-0.1, -0.05) is 44.0 Å². The lowest BCUT2D eigenvalue weighted by Gasteiger charge is -2.06. The van der Waals surface area contributed by atoms with E-state index in [1.54, 1.807) is 0 Å². The Bertz CT molecular complexity index is 854. The molecule has 2 aromatic heterocycles. The van der Waals surface area contributed by atoms with E-state index in [0.29, 0.717) is 16.7 Å². The molecule has 26 heavy (non-hydrogen) atoms. The molecule has 0 fully saturated rings. The molecule has 0 aliphatic rings. The number of fused-ring (bicyclic) bond motifs is 1. The Kier molecular flexibility index (Phi) is 6.27. The molecular weight excluding hydrogens is 368 g/mol. The molecule has 0 atom stereocenters. The van der Waals surface area contributed by atoms with Crippen molar-refractivity contribution >= 4 is 39.9 Å². The molecule has 0 saturated heterocycles. The van der Waals surface area contributed by atoms with E-state index in [4.69, 9.17) is 11.6 Å². The summed E-state index contributed by atoms with van der Waals surface area (Å²) in [6.07, 6.45) is 3.92. The minimum Gasteiger partial charge on any atom is -0.351 e. The Balaban J connectivity index is 1.39.